The Morgan fingerprint density at radius 1 is 0.865 bits per heavy atom. The van der Waals surface area contributed by atoms with E-state index in [1.54, 1.807) is 29.2 Å². The van der Waals surface area contributed by atoms with Crippen molar-refractivity contribution in [2.45, 2.75) is 26.4 Å². The molecule has 1 N–H and O–H groups in total. The topological polar surface area (TPSA) is 105 Å². The van der Waals surface area contributed by atoms with Crippen LogP contribution in [-0.2, 0) is 4.74 Å². The Morgan fingerprint density at radius 3 is 2.03 bits per heavy atom. The molecule has 3 aromatic rings. The molecule has 0 radical (unpaired) electrons. The molecule has 0 unspecified atom stereocenters. The van der Waals surface area contributed by atoms with Gasteiger partial charge in [-0.15, -0.1) is 0 Å². The smallest absolute Gasteiger partial charge is 0.410 e. The van der Waals surface area contributed by atoms with Gasteiger partial charge >= 0.3 is 12.1 Å². The molecule has 1 fully saturated rings. The molecule has 37 heavy (non-hydrogen) atoms. The van der Waals surface area contributed by atoms with Crippen molar-refractivity contribution in [2.75, 3.05) is 31.1 Å². The predicted octanol–water partition coefficient (Wildman–Crippen LogP) is 6.00. The Kier molecular flexibility index (Phi) is 7.75. The van der Waals surface area contributed by atoms with E-state index in [2.05, 4.69) is 9.97 Å². The minimum Gasteiger partial charge on any atom is -0.478 e. The van der Waals surface area contributed by atoms with Gasteiger partial charge in [-0.2, -0.15) is 0 Å². The molecule has 1 aliphatic rings. The van der Waals surface area contributed by atoms with Gasteiger partial charge in [0, 0.05) is 36.2 Å². The average molecular weight is 545 g/mol. The zero-order chi connectivity index (χ0) is 26.7. The predicted molar refractivity (Wildman–Crippen MR) is 141 cm³/mol. The Balaban J connectivity index is 1.46. The molecule has 9 nitrogen and oxygen atoms in total. The van der Waals surface area contributed by atoms with Crippen LogP contribution in [0.25, 0.3) is 11.1 Å². The number of aromatic carboxylic acids is 1. The minimum absolute atomic E-state index is 0.0454. The fraction of sp³-hybridized carbons (Fsp3) is 0.308. The number of ether oxygens (including phenoxy) is 2. The maximum atomic E-state index is 12.3. The van der Waals surface area contributed by atoms with Gasteiger partial charge in [-0.3, -0.25) is 0 Å². The largest absolute Gasteiger partial charge is 0.478 e. The van der Waals surface area contributed by atoms with Gasteiger partial charge in [-0.1, -0.05) is 23.2 Å². The Morgan fingerprint density at radius 2 is 1.46 bits per heavy atom. The van der Waals surface area contributed by atoms with Crippen LogP contribution >= 0.6 is 23.2 Å². The first kappa shape index (κ1) is 26.5. The maximum absolute atomic E-state index is 12.3. The molecule has 2 aromatic carbocycles. The highest BCUT2D eigenvalue weighted by atomic mass is 35.5. The lowest BCUT2D eigenvalue weighted by Gasteiger charge is -2.35. The molecule has 1 saturated heterocycles. The van der Waals surface area contributed by atoms with E-state index in [1.807, 2.05) is 25.7 Å². The average Bonchev–Trinajstić information content (AvgIpc) is 2.83. The highest BCUT2D eigenvalue weighted by Crippen LogP contribution is 2.32. The normalized spacial score (nSPS) is 13.9. The number of aromatic nitrogens is 2. The molecule has 0 atom stereocenters. The number of benzene rings is 2. The Bertz CT molecular complexity index is 1280. The third-order valence-corrected chi connectivity index (χ3v) is 5.85. The van der Waals surface area contributed by atoms with Gasteiger partial charge in [0.25, 0.3) is 0 Å². The Hall–Kier alpha value is -3.56. The molecule has 4 rings (SSSR count). The summed E-state index contributed by atoms with van der Waals surface area (Å²) >= 11 is 12.2. The van der Waals surface area contributed by atoms with E-state index >= 15 is 0 Å². The molecule has 0 spiro atoms. The first-order valence-electron chi connectivity index (χ1n) is 11.5. The number of carbonyl (C=O) groups is 2. The van der Waals surface area contributed by atoms with E-state index < -0.39 is 11.6 Å². The second-order valence-corrected chi connectivity index (χ2v) is 10.4. The molecule has 1 aromatic heterocycles. The molecule has 0 aliphatic carbocycles. The standard InChI is InChI=1S/C26H26Cl2N4O5/c1-26(2,3)37-25(35)32-6-4-31(5-7-32)24-29-14-22(15-30-24)36-21-11-16(8-18(12-21)23(33)34)17-9-19(27)13-20(28)10-17/h8-15H,4-7H2,1-3H3,(H,33,34). The summed E-state index contributed by atoms with van der Waals surface area (Å²) in [5.74, 6) is 0.0451. The molecule has 0 bridgehead atoms. The summed E-state index contributed by atoms with van der Waals surface area (Å²) in [5, 5.41) is 10.4. The number of rotatable bonds is 5. The number of carbonyl (C=O) groups excluding carboxylic acids is 1. The lowest BCUT2D eigenvalue weighted by molar-refractivity contribution is 0.0240. The maximum Gasteiger partial charge on any atom is 0.410 e. The van der Waals surface area contributed by atoms with Crippen LogP contribution in [0.15, 0.2) is 48.8 Å². The van der Waals surface area contributed by atoms with Gasteiger partial charge in [-0.25, -0.2) is 19.6 Å². The van der Waals surface area contributed by atoms with E-state index in [9.17, 15) is 14.7 Å². The zero-order valence-electron chi connectivity index (χ0n) is 20.6. The fourth-order valence-electron chi connectivity index (χ4n) is 3.75. The molecule has 1 amide bonds. The molecular weight excluding hydrogens is 519 g/mol. The van der Waals surface area contributed by atoms with Crippen LogP contribution in [0.4, 0.5) is 10.7 Å². The first-order valence-corrected chi connectivity index (χ1v) is 12.3. The van der Waals surface area contributed by atoms with Crippen LogP contribution in [0.2, 0.25) is 10.0 Å². The van der Waals surface area contributed by atoms with Gasteiger partial charge in [0.15, 0.2) is 5.75 Å². The highest BCUT2D eigenvalue weighted by Gasteiger charge is 2.26. The van der Waals surface area contributed by atoms with E-state index in [4.69, 9.17) is 32.7 Å². The first-order chi connectivity index (χ1) is 17.5. The summed E-state index contributed by atoms with van der Waals surface area (Å²) in [7, 11) is 0. The lowest BCUT2D eigenvalue weighted by atomic mass is 10.0. The third kappa shape index (κ3) is 7.02. The van der Waals surface area contributed by atoms with E-state index in [0.29, 0.717) is 64.8 Å². The fourth-order valence-corrected chi connectivity index (χ4v) is 4.27. The van der Waals surface area contributed by atoms with Crippen molar-refractivity contribution < 1.29 is 24.2 Å². The van der Waals surface area contributed by atoms with Crippen molar-refractivity contribution in [3.05, 3.63) is 64.4 Å². The quantitative estimate of drug-likeness (QED) is 0.417. The SMILES string of the molecule is CC(C)(C)OC(=O)N1CCN(c2ncc(Oc3cc(C(=O)O)cc(-c4cc(Cl)cc(Cl)c4)c3)cn2)CC1. The van der Waals surface area contributed by atoms with E-state index in [0.717, 1.165) is 0 Å². The summed E-state index contributed by atoms with van der Waals surface area (Å²) in [5.41, 5.74) is 0.741. The summed E-state index contributed by atoms with van der Waals surface area (Å²) in [6.45, 7) is 7.62. The third-order valence-electron chi connectivity index (χ3n) is 5.41. The van der Waals surface area contributed by atoms with Gasteiger partial charge in [0.2, 0.25) is 5.95 Å². The molecular formula is C26H26Cl2N4O5. The summed E-state index contributed by atoms with van der Waals surface area (Å²) < 4.78 is 11.3. The monoisotopic (exact) mass is 544 g/mol. The van der Waals surface area contributed by atoms with Crippen LogP contribution in [0.5, 0.6) is 11.5 Å². The summed E-state index contributed by atoms with van der Waals surface area (Å²) in [6, 6.07) is 9.62. The number of nitrogens with zero attached hydrogens (tertiary/aromatic N) is 4. The Labute approximate surface area is 224 Å². The van der Waals surface area contributed by atoms with Crippen molar-refractivity contribution in [1.29, 1.82) is 0 Å². The molecule has 2 heterocycles. The second-order valence-electron chi connectivity index (χ2n) is 9.48. The van der Waals surface area contributed by atoms with E-state index in [1.165, 1.54) is 24.5 Å². The summed E-state index contributed by atoms with van der Waals surface area (Å²) in [6.07, 6.45) is 2.71. The molecule has 194 valence electrons. The van der Waals surface area contributed by atoms with Crippen LogP contribution in [-0.4, -0.2) is 63.8 Å². The summed E-state index contributed by atoms with van der Waals surface area (Å²) in [4.78, 5) is 36.4. The van der Waals surface area contributed by atoms with Crippen LogP contribution in [0.1, 0.15) is 31.1 Å². The number of halogens is 2. The van der Waals surface area contributed by atoms with Crippen molar-refractivity contribution >= 4 is 41.2 Å². The highest BCUT2D eigenvalue weighted by molar-refractivity contribution is 6.35. The van der Waals surface area contributed by atoms with Crippen molar-refractivity contribution in [3.63, 3.8) is 0 Å². The minimum atomic E-state index is -1.10. The second kappa shape index (κ2) is 10.8. The number of carboxylic acid groups (broad SMARTS) is 1. The van der Waals surface area contributed by atoms with Crippen LogP contribution < -0.4 is 9.64 Å². The van der Waals surface area contributed by atoms with Gasteiger partial charge in [-0.05, 0) is 68.3 Å². The number of hydrogen-bond acceptors (Lipinski definition) is 7. The number of amides is 1. The van der Waals surface area contributed by atoms with Crippen molar-refractivity contribution in [3.8, 4) is 22.6 Å². The zero-order valence-corrected chi connectivity index (χ0v) is 22.1. The number of anilines is 1. The molecule has 0 saturated carbocycles. The number of hydrogen-bond donors (Lipinski definition) is 1. The van der Waals surface area contributed by atoms with Crippen molar-refractivity contribution in [2.24, 2.45) is 0 Å². The number of carboxylic acids is 1. The van der Waals surface area contributed by atoms with Crippen LogP contribution in [0.3, 0.4) is 0 Å². The lowest BCUT2D eigenvalue weighted by Crippen LogP contribution is -2.50. The molecule has 1 aliphatic heterocycles. The van der Waals surface area contributed by atoms with Gasteiger partial charge in [0.1, 0.15) is 11.4 Å². The van der Waals surface area contributed by atoms with Gasteiger partial charge in [0.05, 0.1) is 18.0 Å². The van der Waals surface area contributed by atoms with Crippen LogP contribution in [0, 0.1) is 0 Å². The van der Waals surface area contributed by atoms with E-state index in [-0.39, 0.29) is 11.7 Å². The number of piperazine rings is 1. The van der Waals surface area contributed by atoms with Crippen molar-refractivity contribution in [1.82, 2.24) is 14.9 Å². The van der Waals surface area contributed by atoms with Gasteiger partial charge < -0.3 is 24.4 Å². The molecule has 11 heteroatoms.